The second-order valence-corrected chi connectivity index (χ2v) is 5.30. The van der Waals surface area contributed by atoms with Gasteiger partial charge in [-0.05, 0) is 43.0 Å². The molecular weight excluding hydrogens is 232 g/mol. The van der Waals surface area contributed by atoms with Crippen molar-refractivity contribution in [2.75, 3.05) is 17.2 Å². The first-order valence-electron chi connectivity index (χ1n) is 6.90. The van der Waals surface area contributed by atoms with Crippen LogP contribution in [0.4, 0.5) is 11.4 Å². The summed E-state index contributed by atoms with van der Waals surface area (Å²) in [7, 11) is 0. The SMILES string of the molecule is Cc1ccc(NCc2cccc3c2NCC3)c(C)c1. The minimum atomic E-state index is 0.875. The van der Waals surface area contributed by atoms with E-state index in [4.69, 9.17) is 0 Å². The van der Waals surface area contributed by atoms with Crippen LogP contribution in [0.1, 0.15) is 22.3 Å². The van der Waals surface area contributed by atoms with E-state index in [1.54, 1.807) is 0 Å². The zero-order chi connectivity index (χ0) is 13.2. The molecule has 0 aromatic heterocycles. The van der Waals surface area contributed by atoms with Crippen molar-refractivity contribution in [2.45, 2.75) is 26.8 Å². The number of rotatable bonds is 3. The Balaban J connectivity index is 1.78. The summed E-state index contributed by atoms with van der Waals surface area (Å²) in [5, 5.41) is 7.03. The van der Waals surface area contributed by atoms with E-state index in [9.17, 15) is 0 Å². The molecule has 0 spiro atoms. The number of hydrogen-bond donors (Lipinski definition) is 2. The van der Waals surface area contributed by atoms with Crippen LogP contribution in [-0.4, -0.2) is 6.54 Å². The maximum absolute atomic E-state index is 3.55. The number of hydrogen-bond acceptors (Lipinski definition) is 2. The first-order chi connectivity index (χ1) is 9.24. The van der Waals surface area contributed by atoms with E-state index in [2.05, 4.69) is 60.9 Å². The second-order valence-electron chi connectivity index (χ2n) is 5.30. The molecule has 2 aromatic carbocycles. The van der Waals surface area contributed by atoms with Gasteiger partial charge in [-0.15, -0.1) is 0 Å². The van der Waals surface area contributed by atoms with Gasteiger partial charge in [0.05, 0.1) is 0 Å². The van der Waals surface area contributed by atoms with Crippen LogP contribution >= 0.6 is 0 Å². The van der Waals surface area contributed by atoms with Crippen LogP contribution in [0.3, 0.4) is 0 Å². The number of para-hydroxylation sites is 1. The molecule has 2 heteroatoms. The number of nitrogens with one attached hydrogen (secondary N) is 2. The van der Waals surface area contributed by atoms with Gasteiger partial charge in [-0.3, -0.25) is 0 Å². The molecule has 0 unspecified atom stereocenters. The summed E-state index contributed by atoms with van der Waals surface area (Å²) in [5.74, 6) is 0. The third kappa shape index (κ3) is 2.43. The fourth-order valence-corrected chi connectivity index (χ4v) is 2.76. The van der Waals surface area contributed by atoms with Crippen LogP contribution in [-0.2, 0) is 13.0 Å². The quantitative estimate of drug-likeness (QED) is 0.866. The maximum atomic E-state index is 3.55. The molecule has 2 aromatic rings. The number of fused-ring (bicyclic) bond motifs is 1. The molecule has 0 saturated carbocycles. The molecule has 0 radical (unpaired) electrons. The minimum Gasteiger partial charge on any atom is -0.384 e. The molecule has 0 aliphatic carbocycles. The van der Waals surface area contributed by atoms with Gasteiger partial charge in [0.25, 0.3) is 0 Å². The molecule has 0 fully saturated rings. The van der Waals surface area contributed by atoms with Crippen molar-refractivity contribution in [1.29, 1.82) is 0 Å². The van der Waals surface area contributed by atoms with E-state index in [0.29, 0.717) is 0 Å². The van der Waals surface area contributed by atoms with Gasteiger partial charge in [0.2, 0.25) is 0 Å². The molecule has 2 N–H and O–H groups in total. The van der Waals surface area contributed by atoms with Crippen molar-refractivity contribution in [3.05, 3.63) is 58.7 Å². The Labute approximate surface area is 114 Å². The summed E-state index contributed by atoms with van der Waals surface area (Å²) in [6, 6.07) is 13.1. The maximum Gasteiger partial charge on any atom is 0.0424 e. The van der Waals surface area contributed by atoms with E-state index in [0.717, 1.165) is 19.5 Å². The topological polar surface area (TPSA) is 24.1 Å². The second kappa shape index (κ2) is 4.96. The van der Waals surface area contributed by atoms with Crippen LogP contribution in [0.15, 0.2) is 36.4 Å². The fraction of sp³-hybridized carbons (Fsp3) is 0.294. The Morgan fingerprint density at radius 1 is 1.16 bits per heavy atom. The van der Waals surface area contributed by atoms with Gasteiger partial charge < -0.3 is 10.6 Å². The van der Waals surface area contributed by atoms with Gasteiger partial charge in [-0.2, -0.15) is 0 Å². The molecule has 0 bridgehead atoms. The molecule has 0 saturated heterocycles. The van der Waals surface area contributed by atoms with Crippen molar-refractivity contribution in [2.24, 2.45) is 0 Å². The predicted molar refractivity (Wildman–Crippen MR) is 81.9 cm³/mol. The molecular formula is C17H20N2. The summed E-state index contributed by atoms with van der Waals surface area (Å²) >= 11 is 0. The van der Waals surface area contributed by atoms with Crippen LogP contribution in [0, 0.1) is 13.8 Å². The lowest BCUT2D eigenvalue weighted by Gasteiger charge is -2.13. The lowest BCUT2D eigenvalue weighted by Crippen LogP contribution is -2.04. The molecule has 1 aliphatic rings. The molecule has 0 amide bonds. The Kier molecular flexibility index (Phi) is 3.16. The van der Waals surface area contributed by atoms with Gasteiger partial charge >= 0.3 is 0 Å². The van der Waals surface area contributed by atoms with E-state index >= 15 is 0 Å². The van der Waals surface area contributed by atoms with Crippen LogP contribution in [0.2, 0.25) is 0 Å². The highest BCUT2D eigenvalue weighted by molar-refractivity contribution is 5.62. The number of benzene rings is 2. The molecule has 98 valence electrons. The Bertz CT molecular complexity index is 602. The lowest BCUT2D eigenvalue weighted by atomic mass is 10.1. The summed E-state index contributed by atoms with van der Waals surface area (Å²) in [5.41, 5.74) is 7.97. The van der Waals surface area contributed by atoms with Crippen LogP contribution in [0.25, 0.3) is 0 Å². The number of anilines is 2. The van der Waals surface area contributed by atoms with E-state index in [-0.39, 0.29) is 0 Å². The Morgan fingerprint density at radius 2 is 2.05 bits per heavy atom. The molecule has 0 atom stereocenters. The normalized spacial score (nSPS) is 12.9. The van der Waals surface area contributed by atoms with Gasteiger partial charge in [-0.25, -0.2) is 0 Å². The van der Waals surface area contributed by atoms with Crippen molar-refractivity contribution < 1.29 is 0 Å². The molecule has 1 aliphatic heterocycles. The summed E-state index contributed by atoms with van der Waals surface area (Å²) in [6.45, 7) is 6.23. The highest BCUT2D eigenvalue weighted by atomic mass is 14.9. The fourth-order valence-electron chi connectivity index (χ4n) is 2.76. The molecule has 3 rings (SSSR count). The molecule has 2 nitrogen and oxygen atoms in total. The standard InChI is InChI=1S/C17H20N2/c1-12-6-7-16(13(2)10-12)19-11-15-5-3-4-14-8-9-18-17(14)15/h3-7,10,18-19H,8-9,11H2,1-2H3. The third-order valence-corrected chi connectivity index (χ3v) is 3.78. The van der Waals surface area contributed by atoms with Crippen LogP contribution < -0.4 is 10.6 Å². The highest BCUT2D eigenvalue weighted by Crippen LogP contribution is 2.27. The Hall–Kier alpha value is -1.96. The number of aryl methyl sites for hydroxylation is 2. The van der Waals surface area contributed by atoms with E-state index < -0.39 is 0 Å². The van der Waals surface area contributed by atoms with Crippen molar-refractivity contribution in [3.8, 4) is 0 Å². The summed E-state index contributed by atoms with van der Waals surface area (Å²) in [4.78, 5) is 0. The van der Waals surface area contributed by atoms with E-state index in [1.807, 2.05) is 0 Å². The molecule has 1 heterocycles. The average molecular weight is 252 g/mol. The average Bonchev–Trinajstić information content (AvgIpc) is 2.86. The highest BCUT2D eigenvalue weighted by Gasteiger charge is 2.13. The van der Waals surface area contributed by atoms with Crippen molar-refractivity contribution in [1.82, 2.24) is 0 Å². The van der Waals surface area contributed by atoms with Gasteiger partial charge in [0.15, 0.2) is 0 Å². The monoisotopic (exact) mass is 252 g/mol. The predicted octanol–water partition coefficient (Wildman–Crippen LogP) is 3.88. The Morgan fingerprint density at radius 3 is 2.89 bits per heavy atom. The van der Waals surface area contributed by atoms with Crippen molar-refractivity contribution in [3.63, 3.8) is 0 Å². The first-order valence-corrected chi connectivity index (χ1v) is 6.90. The largest absolute Gasteiger partial charge is 0.384 e. The summed E-state index contributed by atoms with van der Waals surface area (Å²) in [6.07, 6.45) is 1.15. The van der Waals surface area contributed by atoms with Crippen molar-refractivity contribution >= 4 is 11.4 Å². The lowest BCUT2D eigenvalue weighted by molar-refractivity contribution is 1.11. The van der Waals surface area contributed by atoms with Gasteiger partial charge in [0, 0.05) is 24.5 Å². The van der Waals surface area contributed by atoms with Crippen LogP contribution in [0.5, 0.6) is 0 Å². The first kappa shape index (κ1) is 12.1. The van der Waals surface area contributed by atoms with Gasteiger partial charge in [0.1, 0.15) is 0 Å². The molecule has 19 heavy (non-hydrogen) atoms. The summed E-state index contributed by atoms with van der Waals surface area (Å²) < 4.78 is 0. The zero-order valence-corrected chi connectivity index (χ0v) is 11.6. The smallest absolute Gasteiger partial charge is 0.0424 e. The third-order valence-electron chi connectivity index (χ3n) is 3.78. The van der Waals surface area contributed by atoms with E-state index in [1.165, 1.54) is 33.6 Å². The van der Waals surface area contributed by atoms with Gasteiger partial charge in [-0.1, -0.05) is 35.9 Å². The zero-order valence-electron chi connectivity index (χ0n) is 11.6. The minimum absolute atomic E-state index is 0.875.